The first-order valence-corrected chi connectivity index (χ1v) is 6.19. The first kappa shape index (κ1) is 13.5. The fourth-order valence-electron chi connectivity index (χ4n) is 1.85. The van der Waals surface area contributed by atoms with Gasteiger partial charge in [-0.25, -0.2) is 4.39 Å². The Labute approximate surface area is 112 Å². The minimum absolute atomic E-state index is 0.0572. The van der Waals surface area contributed by atoms with E-state index in [-0.39, 0.29) is 11.9 Å². The molecule has 19 heavy (non-hydrogen) atoms. The Hall–Kier alpha value is -1.94. The summed E-state index contributed by atoms with van der Waals surface area (Å²) in [7, 11) is 0. The molecule has 0 aliphatic rings. The first-order valence-electron chi connectivity index (χ1n) is 6.19. The van der Waals surface area contributed by atoms with Crippen LogP contribution in [0.25, 0.3) is 0 Å². The average Bonchev–Trinajstić information content (AvgIpc) is 2.38. The molecule has 1 aromatic heterocycles. The van der Waals surface area contributed by atoms with E-state index in [9.17, 15) is 4.39 Å². The highest BCUT2D eigenvalue weighted by Crippen LogP contribution is 2.24. The summed E-state index contributed by atoms with van der Waals surface area (Å²) >= 11 is 0. The van der Waals surface area contributed by atoms with Gasteiger partial charge < -0.3 is 10.5 Å². The van der Waals surface area contributed by atoms with Gasteiger partial charge in [-0.05, 0) is 31.5 Å². The van der Waals surface area contributed by atoms with Crippen LogP contribution in [-0.4, -0.2) is 11.1 Å². The van der Waals surface area contributed by atoms with Crippen LogP contribution in [0.5, 0.6) is 5.75 Å². The van der Waals surface area contributed by atoms with Gasteiger partial charge in [-0.1, -0.05) is 18.2 Å². The SMILES string of the molecule is CC(C)Oc1cncc(C(N)c2ccccc2F)c1. The zero-order chi connectivity index (χ0) is 13.8. The molecule has 2 aromatic rings. The molecule has 1 atom stereocenters. The normalized spacial score (nSPS) is 12.5. The molecule has 0 bridgehead atoms. The molecule has 3 nitrogen and oxygen atoms in total. The van der Waals surface area contributed by atoms with Crippen LogP contribution < -0.4 is 10.5 Å². The lowest BCUT2D eigenvalue weighted by molar-refractivity contribution is 0.241. The van der Waals surface area contributed by atoms with Crippen molar-refractivity contribution in [2.24, 2.45) is 5.73 Å². The summed E-state index contributed by atoms with van der Waals surface area (Å²) in [6.45, 7) is 3.87. The van der Waals surface area contributed by atoms with Gasteiger partial charge in [-0.2, -0.15) is 0 Å². The molecule has 1 unspecified atom stereocenters. The topological polar surface area (TPSA) is 48.1 Å². The average molecular weight is 260 g/mol. The lowest BCUT2D eigenvalue weighted by atomic mass is 10.0. The summed E-state index contributed by atoms with van der Waals surface area (Å²) in [5, 5.41) is 0. The van der Waals surface area contributed by atoms with Crippen molar-refractivity contribution in [3.8, 4) is 5.75 Å². The van der Waals surface area contributed by atoms with Crippen molar-refractivity contribution in [1.82, 2.24) is 4.98 Å². The molecule has 2 N–H and O–H groups in total. The third-order valence-electron chi connectivity index (χ3n) is 2.71. The number of rotatable bonds is 4. The van der Waals surface area contributed by atoms with Crippen molar-refractivity contribution < 1.29 is 9.13 Å². The van der Waals surface area contributed by atoms with Crippen LogP contribution in [0.15, 0.2) is 42.7 Å². The predicted octanol–water partition coefficient (Wildman–Crippen LogP) is 3.06. The Kier molecular flexibility index (Phi) is 4.12. The van der Waals surface area contributed by atoms with Gasteiger partial charge >= 0.3 is 0 Å². The van der Waals surface area contributed by atoms with Crippen molar-refractivity contribution in [3.63, 3.8) is 0 Å². The van der Waals surface area contributed by atoms with Crippen molar-refractivity contribution in [3.05, 3.63) is 59.7 Å². The van der Waals surface area contributed by atoms with E-state index in [1.54, 1.807) is 36.7 Å². The highest BCUT2D eigenvalue weighted by molar-refractivity contribution is 5.34. The highest BCUT2D eigenvalue weighted by Gasteiger charge is 2.14. The fraction of sp³-hybridized carbons (Fsp3) is 0.267. The summed E-state index contributed by atoms with van der Waals surface area (Å²) in [6, 6.07) is 7.73. The van der Waals surface area contributed by atoms with E-state index >= 15 is 0 Å². The maximum atomic E-state index is 13.7. The number of pyridine rings is 1. The van der Waals surface area contributed by atoms with Crippen LogP contribution in [0.1, 0.15) is 31.0 Å². The largest absolute Gasteiger partial charge is 0.489 e. The van der Waals surface area contributed by atoms with Crippen LogP contribution in [0.2, 0.25) is 0 Å². The van der Waals surface area contributed by atoms with Crippen LogP contribution in [0.4, 0.5) is 4.39 Å². The molecule has 2 rings (SSSR count). The number of aromatic nitrogens is 1. The quantitative estimate of drug-likeness (QED) is 0.919. The molecule has 0 radical (unpaired) electrons. The fourth-order valence-corrected chi connectivity index (χ4v) is 1.85. The van der Waals surface area contributed by atoms with E-state index in [0.29, 0.717) is 11.3 Å². The Morgan fingerprint density at radius 3 is 2.63 bits per heavy atom. The minimum Gasteiger partial charge on any atom is -0.489 e. The van der Waals surface area contributed by atoms with E-state index < -0.39 is 6.04 Å². The first-order chi connectivity index (χ1) is 9.08. The maximum absolute atomic E-state index is 13.7. The van der Waals surface area contributed by atoms with Crippen LogP contribution in [-0.2, 0) is 0 Å². The monoisotopic (exact) mass is 260 g/mol. The van der Waals surface area contributed by atoms with Crippen LogP contribution in [0.3, 0.4) is 0 Å². The molecule has 0 amide bonds. The van der Waals surface area contributed by atoms with E-state index in [4.69, 9.17) is 10.5 Å². The van der Waals surface area contributed by atoms with Gasteiger partial charge in [0.25, 0.3) is 0 Å². The molecule has 0 fully saturated rings. The Morgan fingerprint density at radius 1 is 1.21 bits per heavy atom. The van der Waals surface area contributed by atoms with Crippen molar-refractivity contribution >= 4 is 0 Å². The highest BCUT2D eigenvalue weighted by atomic mass is 19.1. The van der Waals surface area contributed by atoms with Crippen molar-refractivity contribution in [2.45, 2.75) is 26.0 Å². The second-order valence-electron chi connectivity index (χ2n) is 4.62. The van der Waals surface area contributed by atoms with Gasteiger partial charge in [0.2, 0.25) is 0 Å². The van der Waals surface area contributed by atoms with Crippen molar-refractivity contribution in [1.29, 1.82) is 0 Å². The van der Waals surface area contributed by atoms with Gasteiger partial charge in [0.15, 0.2) is 0 Å². The maximum Gasteiger partial charge on any atom is 0.138 e. The number of ether oxygens (including phenoxy) is 1. The molecule has 1 aromatic carbocycles. The lowest BCUT2D eigenvalue weighted by Crippen LogP contribution is -2.14. The zero-order valence-corrected chi connectivity index (χ0v) is 11.0. The van der Waals surface area contributed by atoms with Crippen LogP contribution >= 0.6 is 0 Å². The number of benzene rings is 1. The summed E-state index contributed by atoms with van der Waals surface area (Å²) in [4.78, 5) is 4.09. The smallest absolute Gasteiger partial charge is 0.138 e. The molecule has 1 heterocycles. The molecule has 4 heteroatoms. The lowest BCUT2D eigenvalue weighted by Gasteiger charge is -2.15. The summed E-state index contributed by atoms with van der Waals surface area (Å²) in [6.07, 6.45) is 3.31. The van der Waals surface area contributed by atoms with Gasteiger partial charge in [-0.3, -0.25) is 4.98 Å². The van der Waals surface area contributed by atoms with Gasteiger partial charge in [0.1, 0.15) is 11.6 Å². The van der Waals surface area contributed by atoms with Crippen LogP contribution in [0, 0.1) is 5.82 Å². The standard InChI is InChI=1S/C15H17FN2O/c1-10(2)19-12-7-11(8-18-9-12)15(17)13-5-3-4-6-14(13)16/h3-10,15H,17H2,1-2H3. The molecule has 0 saturated carbocycles. The zero-order valence-electron chi connectivity index (χ0n) is 11.0. The molecule has 0 aliphatic carbocycles. The Bertz CT molecular complexity index is 557. The second kappa shape index (κ2) is 5.80. The number of nitrogens with zero attached hydrogens (tertiary/aromatic N) is 1. The number of hydrogen-bond donors (Lipinski definition) is 1. The van der Waals surface area contributed by atoms with Gasteiger partial charge in [-0.15, -0.1) is 0 Å². The second-order valence-corrected chi connectivity index (χ2v) is 4.62. The third kappa shape index (κ3) is 3.29. The molecular weight excluding hydrogens is 243 g/mol. The van der Waals surface area contributed by atoms with E-state index in [2.05, 4.69) is 4.98 Å². The Morgan fingerprint density at radius 2 is 1.95 bits per heavy atom. The van der Waals surface area contributed by atoms with Crippen molar-refractivity contribution in [2.75, 3.05) is 0 Å². The summed E-state index contributed by atoms with van der Waals surface area (Å²) in [5.41, 5.74) is 7.26. The van der Waals surface area contributed by atoms with E-state index in [0.717, 1.165) is 5.56 Å². The van der Waals surface area contributed by atoms with Gasteiger partial charge in [0, 0.05) is 11.8 Å². The summed E-state index contributed by atoms with van der Waals surface area (Å²) < 4.78 is 19.3. The third-order valence-corrected chi connectivity index (χ3v) is 2.71. The van der Waals surface area contributed by atoms with E-state index in [1.165, 1.54) is 6.07 Å². The minimum atomic E-state index is -0.551. The predicted molar refractivity (Wildman–Crippen MR) is 72.4 cm³/mol. The molecule has 0 spiro atoms. The molecule has 0 saturated heterocycles. The number of halogens is 1. The number of nitrogens with two attached hydrogens (primary N) is 1. The molecular formula is C15H17FN2O. The summed E-state index contributed by atoms with van der Waals surface area (Å²) in [5.74, 6) is 0.324. The Balaban J connectivity index is 2.29. The molecule has 100 valence electrons. The van der Waals surface area contributed by atoms with Gasteiger partial charge in [0.05, 0.1) is 18.3 Å². The molecule has 0 aliphatic heterocycles. The van der Waals surface area contributed by atoms with E-state index in [1.807, 2.05) is 13.8 Å². The number of hydrogen-bond acceptors (Lipinski definition) is 3.